The van der Waals surface area contributed by atoms with Gasteiger partial charge in [-0.3, -0.25) is 10.4 Å². The molecule has 0 amide bonds. The molecule has 48 heavy (non-hydrogen) atoms. The number of hydrogen-bond donors (Lipinski definition) is 2. The number of sulfone groups is 3. The van der Waals surface area contributed by atoms with Crippen molar-refractivity contribution in [1.29, 1.82) is 0 Å². The minimum absolute atomic E-state index is 0.0512. The van der Waals surface area contributed by atoms with E-state index in [1.54, 1.807) is 0 Å². The molecule has 1 heterocycles. The van der Waals surface area contributed by atoms with Crippen molar-refractivity contribution < 1.29 is 42.5 Å². The van der Waals surface area contributed by atoms with Crippen LogP contribution in [0.4, 0.5) is 14.5 Å². The van der Waals surface area contributed by atoms with E-state index in [1.807, 2.05) is 0 Å². The molecule has 0 aliphatic carbocycles. The lowest BCUT2D eigenvalue weighted by molar-refractivity contribution is 0.182. The maximum atomic E-state index is 15.2. The number of anilines is 1. The molecule has 0 bridgehead atoms. The minimum Gasteiger partial charge on any atom is -0.295 e. The predicted molar refractivity (Wildman–Crippen MR) is 176 cm³/mol. The summed E-state index contributed by atoms with van der Waals surface area (Å²) in [6.07, 6.45) is -0.162. The van der Waals surface area contributed by atoms with E-state index in [1.165, 1.54) is 102 Å². The molecule has 5 rings (SSSR count). The Bertz CT molecular complexity index is 2290. The van der Waals surface area contributed by atoms with Gasteiger partial charge in [-0.2, -0.15) is 0 Å². The second-order valence-corrected chi connectivity index (χ2v) is 18.8. The van der Waals surface area contributed by atoms with Gasteiger partial charge in [0.05, 0.1) is 25.3 Å². The predicted octanol–water partition coefficient (Wildman–Crippen LogP) is 3.49. The van der Waals surface area contributed by atoms with E-state index in [0.29, 0.717) is 0 Å². The number of sulfonamides is 1. The molecule has 0 aromatic heterocycles. The molecule has 1 atom stereocenters. The van der Waals surface area contributed by atoms with E-state index in [2.05, 4.69) is 5.43 Å². The third-order valence-electron chi connectivity index (χ3n) is 7.81. The van der Waals surface area contributed by atoms with Crippen LogP contribution in [-0.4, -0.2) is 58.9 Å². The van der Waals surface area contributed by atoms with Gasteiger partial charge in [-0.25, -0.2) is 47.6 Å². The smallest absolute Gasteiger partial charge is 0.280 e. The molecule has 17 heteroatoms. The highest BCUT2D eigenvalue weighted by Gasteiger charge is 2.53. The molecule has 0 saturated carbocycles. The van der Waals surface area contributed by atoms with Gasteiger partial charge in [0.15, 0.2) is 29.5 Å². The van der Waals surface area contributed by atoms with Crippen molar-refractivity contribution in [2.45, 2.75) is 31.5 Å². The number of hydrazine groups is 1. The van der Waals surface area contributed by atoms with Gasteiger partial charge >= 0.3 is 0 Å². The number of allylic oxidation sites excluding steroid dienone is 1. The lowest BCUT2D eigenvalue weighted by Gasteiger charge is -2.42. The quantitative estimate of drug-likeness (QED) is 0.259. The molecule has 1 aliphatic heterocycles. The van der Waals surface area contributed by atoms with Crippen LogP contribution in [0, 0.1) is 0 Å². The van der Waals surface area contributed by atoms with Gasteiger partial charge in [0, 0.05) is 24.3 Å². The largest absolute Gasteiger partial charge is 0.295 e. The molecule has 4 aromatic rings. The molecule has 0 radical (unpaired) electrons. The first-order valence-electron chi connectivity index (χ1n) is 13.8. The highest BCUT2D eigenvalue weighted by molar-refractivity contribution is 7.91. The number of hydrogen-bond acceptors (Lipinski definition) is 10. The second-order valence-electron chi connectivity index (χ2n) is 11.2. The Morgan fingerprint density at radius 2 is 0.938 bits per heavy atom. The maximum Gasteiger partial charge on any atom is 0.280 e. The van der Waals surface area contributed by atoms with Crippen molar-refractivity contribution in [3.8, 4) is 0 Å². The van der Waals surface area contributed by atoms with Gasteiger partial charge in [-0.15, -0.1) is 0 Å². The molecule has 0 spiro atoms. The zero-order chi connectivity index (χ0) is 35.4. The van der Waals surface area contributed by atoms with Crippen LogP contribution >= 0.6 is 0 Å². The van der Waals surface area contributed by atoms with Crippen LogP contribution < -0.4 is 15.6 Å². The Kier molecular flexibility index (Phi) is 8.84. The molecule has 1 unspecified atom stereocenters. The molecule has 254 valence electrons. The monoisotopic (exact) mass is 737 g/mol. The van der Waals surface area contributed by atoms with Crippen molar-refractivity contribution in [3.63, 3.8) is 0 Å². The van der Waals surface area contributed by atoms with Crippen molar-refractivity contribution in [3.05, 3.63) is 119 Å². The highest BCUT2D eigenvalue weighted by atomic mass is 32.2. The molecular formula is C31H29F2N3O8S4. The van der Waals surface area contributed by atoms with E-state index < -0.39 is 57.2 Å². The summed E-state index contributed by atoms with van der Waals surface area (Å²) >= 11 is 0. The Hall–Kier alpha value is -4.16. The normalized spacial score (nSPS) is 17.5. The maximum absolute atomic E-state index is 15.2. The summed E-state index contributed by atoms with van der Waals surface area (Å²) in [5, 5.41) is 6.68. The van der Waals surface area contributed by atoms with Crippen molar-refractivity contribution >= 4 is 50.8 Å². The van der Waals surface area contributed by atoms with Gasteiger partial charge in [0.2, 0.25) is 10.0 Å². The Labute approximate surface area is 277 Å². The van der Waals surface area contributed by atoms with Gasteiger partial charge < -0.3 is 0 Å². The van der Waals surface area contributed by atoms with Crippen LogP contribution in [-0.2, 0) is 45.1 Å². The fourth-order valence-electron chi connectivity index (χ4n) is 5.60. The third kappa shape index (κ3) is 6.47. The van der Waals surface area contributed by atoms with Crippen molar-refractivity contribution in [2.24, 2.45) is 5.14 Å². The number of nitrogens with one attached hydrogen (secondary N) is 1. The van der Waals surface area contributed by atoms with Crippen LogP contribution in [0.3, 0.4) is 0 Å². The number of primary sulfonamides is 1. The van der Waals surface area contributed by atoms with Gasteiger partial charge in [-0.05, 0) is 77.4 Å². The number of rotatable bonds is 9. The van der Waals surface area contributed by atoms with Gasteiger partial charge in [0.25, 0.3) is 6.43 Å². The molecule has 1 aliphatic rings. The fraction of sp³-hybridized carbons (Fsp3) is 0.161. The first-order chi connectivity index (χ1) is 22.1. The Balaban J connectivity index is 1.93. The molecule has 3 N–H and O–H groups in total. The van der Waals surface area contributed by atoms with Crippen LogP contribution in [0.15, 0.2) is 122 Å². The summed E-state index contributed by atoms with van der Waals surface area (Å²) in [5.41, 5.74) is 0.992. The average molecular weight is 738 g/mol. The van der Waals surface area contributed by atoms with Crippen molar-refractivity contribution in [1.82, 2.24) is 5.43 Å². The SMILES string of the molecule is CS(=O)(=O)c1ccc(C2=C(C(F)F)NN(c3ccc(S(C)(=O)=O)cc3)C2(c2ccc(S(C)(=O)=O)cc2)c2ccc(S(N)(=O)=O)cc2)cc1. The molecular weight excluding hydrogens is 709 g/mol. The first-order valence-corrected chi connectivity index (χ1v) is 21.0. The number of alkyl halides is 2. The number of halogens is 2. The lowest BCUT2D eigenvalue weighted by atomic mass is 9.73. The fourth-order valence-corrected chi connectivity index (χ4v) is 8.01. The lowest BCUT2D eigenvalue weighted by Crippen LogP contribution is -2.49. The summed E-state index contributed by atoms with van der Waals surface area (Å²) < 4.78 is 129. The highest BCUT2D eigenvalue weighted by Crippen LogP contribution is 2.53. The topological polar surface area (TPSA) is 178 Å². The minimum atomic E-state index is -4.18. The molecule has 0 fully saturated rings. The standard InChI is InChI=1S/C31H29F2N3O8S4/c1-45(37,38)24-12-4-20(5-13-24)28-29(30(32)33)35-36(23-10-18-26(19-11-23)47(3,41)42)31(28,21-6-14-25(15-7-21)46(2,39)40)22-8-16-27(17-9-22)48(34,43)44/h4-19,30,35H,1-3H3,(H2,34,43,44). The average Bonchev–Trinajstić information content (AvgIpc) is 3.37. The van der Waals surface area contributed by atoms with E-state index in [-0.39, 0.29) is 47.5 Å². The first kappa shape index (κ1) is 35.2. The van der Waals surface area contributed by atoms with Crippen LogP contribution in [0.1, 0.15) is 16.7 Å². The van der Waals surface area contributed by atoms with E-state index >= 15 is 8.78 Å². The number of benzene rings is 4. The summed E-state index contributed by atoms with van der Waals surface area (Å²) in [7, 11) is -15.2. The van der Waals surface area contributed by atoms with E-state index in [9.17, 15) is 33.7 Å². The van der Waals surface area contributed by atoms with Crippen LogP contribution in [0.2, 0.25) is 0 Å². The Morgan fingerprint density at radius 1 is 0.583 bits per heavy atom. The number of nitrogens with zero attached hydrogens (tertiary/aromatic N) is 1. The second kappa shape index (κ2) is 12.1. The van der Waals surface area contributed by atoms with Gasteiger partial charge in [0.1, 0.15) is 11.2 Å². The third-order valence-corrected chi connectivity index (χ3v) is 12.1. The Morgan fingerprint density at radius 3 is 1.29 bits per heavy atom. The van der Waals surface area contributed by atoms with E-state index in [0.717, 1.165) is 18.8 Å². The van der Waals surface area contributed by atoms with Crippen LogP contribution in [0.25, 0.3) is 5.57 Å². The van der Waals surface area contributed by atoms with Crippen LogP contribution in [0.5, 0.6) is 0 Å². The summed E-state index contributed by atoms with van der Waals surface area (Å²) in [5.74, 6) is 0. The van der Waals surface area contributed by atoms with E-state index in [4.69, 9.17) is 5.14 Å². The molecule has 0 saturated heterocycles. The summed E-state index contributed by atoms with van der Waals surface area (Å²) in [6, 6.07) is 21.1. The molecule has 4 aromatic carbocycles. The summed E-state index contributed by atoms with van der Waals surface area (Å²) in [6.45, 7) is 0. The zero-order valence-corrected chi connectivity index (χ0v) is 28.8. The molecule has 11 nitrogen and oxygen atoms in total. The number of nitrogens with two attached hydrogens (primary N) is 1. The summed E-state index contributed by atoms with van der Waals surface area (Å²) in [4.78, 5) is -0.478. The van der Waals surface area contributed by atoms with Gasteiger partial charge in [-0.1, -0.05) is 36.4 Å². The van der Waals surface area contributed by atoms with Crippen molar-refractivity contribution in [2.75, 3.05) is 23.8 Å². The zero-order valence-electron chi connectivity index (χ0n) is 25.5.